The Kier molecular flexibility index (Phi) is 7.22. The van der Waals surface area contributed by atoms with Crippen LogP contribution >= 0.6 is 0 Å². The van der Waals surface area contributed by atoms with Crippen LogP contribution in [0, 0.1) is 11.3 Å². The molecule has 0 aliphatic rings. The molecule has 3 aromatic rings. The van der Waals surface area contributed by atoms with E-state index >= 15 is 0 Å². The lowest BCUT2D eigenvalue weighted by atomic mass is 10.2. The first kappa shape index (κ1) is 23.6. The number of nitrogens with zero attached hydrogens (tertiary/aromatic N) is 3. The van der Waals surface area contributed by atoms with E-state index in [4.69, 9.17) is 4.74 Å². The van der Waals surface area contributed by atoms with Crippen molar-refractivity contribution in [3.8, 4) is 11.8 Å². The van der Waals surface area contributed by atoms with Gasteiger partial charge in [0.2, 0.25) is 10.0 Å². The fourth-order valence-corrected chi connectivity index (χ4v) is 4.10. The number of nitrogens with one attached hydrogen (secondary N) is 2. The monoisotopic (exact) mass is 467 g/mol. The van der Waals surface area contributed by atoms with Crippen LogP contribution in [0.2, 0.25) is 0 Å². The van der Waals surface area contributed by atoms with Crippen LogP contribution in [0.25, 0.3) is 5.69 Å². The smallest absolute Gasteiger partial charge is 0.338 e. The number of nitriles is 1. The number of benzene rings is 2. The molecule has 0 saturated carbocycles. The summed E-state index contributed by atoms with van der Waals surface area (Å²) in [5.74, 6) is -1.32. The third-order valence-corrected chi connectivity index (χ3v) is 5.95. The van der Waals surface area contributed by atoms with Gasteiger partial charge in [-0.05, 0) is 50.2 Å². The Labute approximate surface area is 190 Å². The van der Waals surface area contributed by atoms with Gasteiger partial charge in [-0.3, -0.25) is 4.79 Å². The molecule has 1 amide bonds. The molecule has 0 bridgehead atoms. The topological polar surface area (TPSA) is 143 Å². The Bertz CT molecular complexity index is 1290. The van der Waals surface area contributed by atoms with Crippen LogP contribution in [-0.4, -0.2) is 42.7 Å². The van der Waals surface area contributed by atoms with E-state index in [2.05, 4.69) is 15.1 Å². The van der Waals surface area contributed by atoms with Crippen LogP contribution in [0.4, 0.5) is 5.82 Å². The molecule has 2 N–H and O–H groups in total. The molecule has 0 saturated heterocycles. The molecular weight excluding hydrogens is 446 g/mol. The first-order chi connectivity index (χ1) is 15.7. The number of ether oxygens (including phenoxy) is 1. The Balaban J connectivity index is 1.65. The second kappa shape index (κ2) is 10.1. The standard InChI is InChI=1S/C22H21N5O5S/c1-15(2)26-33(30,31)19-10-8-16(9-11-19)22(29)32-14-20(28)25-21-17(12-23)13-24-27(21)18-6-4-3-5-7-18/h3-11,13,15,26H,14H2,1-2H3,(H,25,28). The van der Waals surface area contributed by atoms with Crippen LogP contribution in [0.5, 0.6) is 0 Å². The number of esters is 1. The quantitative estimate of drug-likeness (QED) is 0.484. The summed E-state index contributed by atoms with van der Waals surface area (Å²) >= 11 is 0. The van der Waals surface area contributed by atoms with Crippen molar-refractivity contribution in [1.29, 1.82) is 5.26 Å². The van der Waals surface area contributed by atoms with E-state index in [0.29, 0.717) is 5.69 Å². The number of anilines is 1. The van der Waals surface area contributed by atoms with Crippen LogP contribution in [0.15, 0.2) is 65.7 Å². The van der Waals surface area contributed by atoms with Crippen molar-refractivity contribution in [1.82, 2.24) is 14.5 Å². The lowest BCUT2D eigenvalue weighted by Gasteiger charge is -2.11. The molecule has 0 radical (unpaired) electrons. The summed E-state index contributed by atoms with van der Waals surface area (Å²) in [6, 6.07) is 15.7. The zero-order valence-corrected chi connectivity index (χ0v) is 18.7. The Hall–Kier alpha value is -4.01. The fraction of sp³-hybridized carbons (Fsp3) is 0.182. The van der Waals surface area contributed by atoms with E-state index in [1.54, 1.807) is 38.1 Å². The summed E-state index contributed by atoms with van der Waals surface area (Å²) in [7, 11) is -3.69. The number of sulfonamides is 1. The summed E-state index contributed by atoms with van der Waals surface area (Å²) in [5, 5.41) is 16.0. The molecule has 170 valence electrons. The predicted octanol–water partition coefficient (Wildman–Crippen LogP) is 2.23. The maximum absolute atomic E-state index is 12.4. The van der Waals surface area contributed by atoms with Gasteiger partial charge in [-0.2, -0.15) is 10.4 Å². The molecule has 33 heavy (non-hydrogen) atoms. The Morgan fingerprint density at radius 3 is 2.39 bits per heavy atom. The zero-order valence-electron chi connectivity index (χ0n) is 17.8. The van der Waals surface area contributed by atoms with Gasteiger partial charge >= 0.3 is 5.97 Å². The fourth-order valence-electron chi connectivity index (χ4n) is 2.85. The zero-order chi connectivity index (χ0) is 24.0. The summed E-state index contributed by atoms with van der Waals surface area (Å²) < 4.78 is 33.2. The van der Waals surface area contributed by atoms with Crippen molar-refractivity contribution in [2.75, 3.05) is 11.9 Å². The second-order valence-corrected chi connectivity index (χ2v) is 8.90. The Morgan fingerprint density at radius 2 is 1.79 bits per heavy atom. The van der Waals surface area contributed by atoms with Gasteiger partial charge in [-0.15, -0.1) is 0 Å². The first-order valence-electron chi connectivity index (χ1n) is 9.84. The molecule has 0 spiro atoms. The van der Waals surface area contributed by atoms with Gasteiger partial charge < -0.3 is 10.1 Å². The molecule has 11 heteroatoms. The number of carbonyl (C=O) groups is 2. The molecule has 2 aromatic carbocycles. The minimum atomic E-state index is -3.69. The highest BCUT2D eigenvalue weighted by atomic mass is 32.2. The van der Waals surface area contributed by atoms with Gasteiger partial charge in [0, 0.05) is 6.04 Å². The average Bonchev–Trinajstić information content (AvgIpc) is 3.19. The maximum Gasteiger partial charge on any atom is 0.338 e. The molecule has 1 aromatic heterocycles. The summed E-state index contributed by atoms with van der Waals surface area (Å²) in [5.41, 5.74) is 0.858. The van der Waals surface area contributed by atoms with E-state index in [1.807, 2.05) is 12.1 Å². The summed E-state index contributed by atoms with van der Waals surface area (Å²) in [6.07, 6.45) is 1.32. The third-order valence-electron chi connectivity index (χ3n) is 4.27. The van der Waals surface area contributed by atoms with E-state index in [-0.39, 0.29) is 27.9 Å². The molecule has 0 atom stereocenters. The minimum absolute atomic E-state index is 0.00343. The maximum atomic E-state index is 12.4. The number of amides is 1. The number of carbonyl (C=O) groups excluding carboxylic acids is 2. The molecule has 0 aliphatic carbocycles. The van der Waals surface area contributed by atoms with Gasteiger partial charge in [0.05, 0.1) is 22.3 Å². The van der Waals surface area contributed by atoms with Gasteiger partial charge in [0.25, 0.3) is 5.91 Å². The van der Waals surface area contributed by atoms with E-state index in [0.717, 1.165) is 0 Å². The van der Waals surface area contributed by atoms with Crippen molar-refractivity contribution in [3.63, 3.8) is 0 Å². The molecule has 0 unspecified atom stereocenters. The average molecular weight is 468 g/mol. The highest BCUT2D eigenvalue weighted by molar-refractivity contribution is 7.89. The molecule has 1 heterocycles. The van der Waals surface area contributed by atoms with Gasteiger partial charge in [0.15, 0.2) is 12.4 Å². The van der Waals surface area contributed by atoms with Crippen LogP contribution in [0.1, 0.15) is 29.8 Å². The van der Waals surface area contributed by atoms with E-state index in [1.165, 1.54) is 35.1 Å². The van der Waals surface area contributed by atoms with Crippen LogP contribution in [0.3, 0.4) is 0 Å². The number of para-hydroxylation sites is 1. The second-order valence-electron chi connectivity index (χ2n) is 7.19. The van der Waals surface area contributed by atoms with Crippen LogP contribution < -0.4 is 10.0 Å². The van der Waals surface area contributed by atoms with Gasteiger partial charge in [-0.25, -0.2) is 22.6 Å². The third kappa shape index (κ3) is 5.82. The highest BCUT2D eigenvalue weighted by Crippen LogP contribution is 2.19. The SMILES string of the molecule is CC(C)NS(=O)(=O)c1ccc(C(=O)OCC(=O)Nc2c(C#N)cnn2-c2ccccc2)cc1. The van der Waals surface area contributed by atoms with Gasteiger partial charge in [0.1, 0.15) is 11.6 Å². The number of rotatable bonds is 8. The minimum Gasteiger partial charge on any atom is -0.452 e. The highest BCUT2D eigenvalue weighted by Gasteiger charge is 2.18. The number of hydrogen-bond donors (Lipinski definition) is 2. The molecule has 0 aliphatic heterocycles. The number of hydrogen-bond acceptors (Lipinski definition) is 7. The van der Waals surface area contributed by atoms with Crippen molar-refractivity contribution in [2.45, 2.75) is 24.8 Å². The van der Waals surface area contributed by atoms with Crippen molar-refractivity contribution < 1.29 is 22.7 Å². The molecule has 10 nitrogen and oxygen atoms in total. The lowest BCUT2D eigenvalue weighted by molar-refractivity contribution is -0.119. The van der Waals surface area contributed by atoms with Crippen molar-refractivity contribution >= 4 is 27.7 Å². The molecule has 0 fully saturated rings. The first-order valence-corrected chi connectivity index (χ1v) is 11.3. The van der Waals surface area contributed by atoms with Gasteiger partial charge in [-0.1, -0.05) is 18.2 Å². The van der Waals surface area contributed by atoms with E-state index in [9.17, 15) is 23.3 Å². The summed E-state index contributed by atoms with van der Waals surface area (Å²) in [4.78, 5) is 24.6. The van der Waals surface area contributed by atoms with E-state index < -0.39 is 28.5 Å². The molecular formula is C22H21N5O5S. The van der Waals surface area contributed by atoms with Crippen molar-refractivity contribution in [3.05, 3.63) is 71.9 Å². The normalized spacial score (nSPS) is 11.1. The predicted molar refractivity (Wildman–Crippen MR) is 119 cm³/mol. The lowest BCUT2D eigenvalue weighted by Crippen LogP contribution is -2.30. The number of aromatic nitrogens is 2. The largest absolute Gasteiger partial charge is 0.452 e. The van der Waals surface area contributed by atoms with Crippen LogP contribution in [-0.2, 0) is 19.6 Å². The van der Waals surface area contributed by atoms with Crippen molar-refractivity contribution in [2.24, 2.45) is 0 Å². The Morgan fingerprint density at radius 1 is 1.12 bits per heavy atom. The molecule has 3 rings (SSSR count). The summed E-state index contributed by atoms with van der Waals surface area (Å²) in [6.45, 7) is 2.78.